The molecule has 428 valence electrons. The van der Waals surface area contributed by atoms with Crippen molar-refractivity contribution in [1.29, 1.82) is 0 Å². The summed E-state index contributed by atoms with van der Waals surface area (Å²) in [6, 6.07) is 6.96. The van der Waals surface area contributed by atoms with Crippen molar-refractivity contribution < 1.29 is 53.6 Å². The molecule has 2 aliphatic heterocycles. The molecule has 9 heterocycles. The number of esters is 1. The number of ketones is 1. The summed E-state index contributed by atoms with van der Waals surface area (Å²) in [5, 5.41) is 47.8. The average Bonchev–Trinajstić information content (AvgIpc) is 4.16. The third-order valence-electron chi connectivity index (χ3n) is 14.5. The number of aliphatic carboxylic acids is 1. The Morgan fingerprint density at radius 3 is 2.14 bits per heavy atom. The molecular weight excluding hydrogens is 1180 g/mol. The lowest BCUT2D eigenvalue weighted by Gasteiger charge is -2.29. The highest BCUT2D eigenvalue weighted by atomic mass is 32.1. The predicted octanol–water partition coefficient (Wildman–Crippen LogP) is 7.63. The summed E-state index contributed by atoms with van der Waals surface area (Å²) in [7, 11) is 0. The number of pyridine rings is 1. The fraction of sp³-hybridized carbons (Fsp3) is 0.345. The van der Waals surface area contributed by atoms with Gasteiger partial charge in [-0.05, 0) is 62.4 Å². The van der Waals surface area contributed by atoms with Crippen LogP contribution in [0, 0.1) is 18.8 Å². The number of aliphatic hydroxyl groups is 1. The quantitative estimate of drug-likeness (QED) is 0.0756. The zero-order valence-electron chi connectivity index (χ0n) is 44.2. The number of nitrogens with zero attached hydrogens (tertiary/aromatic N) is 8. The molecule has 0 radical (unpaired) electrons. The number of aromatic nitrogens is 7. The van der Waals surface area contributed by atoms with Gasteiger partial charge >= 0.3 is 11.9 Å². The van der Waals surface area contributed by atoms with Gasteiger partial charge in [0, 0.05) is 69.1 Å². The number of aromatic hydroxyl groups is 1. The number of hydrogen-bond donors (Lipinski definition) is 6. The number of amides is 4. The van der Waals surface area contributed by atoms with Crippen LogP contribution in [-0.4, -0.2) is 121 Å². The normalized spacial score (nSPS) is 21.4. The van der Waals surface area contributed by atoms with Crippen LogP contribution in [0.25, 0.3) is 43.4 Å². The van der Waals surface area contributed by atoms with Crippen molar-refractivity contribution in [2.45, 2.75) is 102 Å². The molecule has 0 unspecified atom stereocenters. The minimum absolute atomic E-state index is 0.0188. The van der Waals surface area contributed by atoms with E-state index >= 15 is 0 Å². The lowest BCUT2D eigenvalue weighted by atomic mass is 9.87. The van der Waals surface area contributed by atoms with Gasteiger partial charge in [-0.1, -0.05) is 19.1 Å². The summed E-state index contributed by atoms with van der Waals surface area (Å²) < 4.78 is 5.72. The van der Waals surface area contributed by atoms with Crippen LogP contribution in [-0.2, 0) is 43.2 Å². The number of carbonyl (C=O) groups is 7. The fourth-order valence-corrected chi connectivity index (χ4v) is 15.4. The van der Waals surface area contributed by atoms with E-state index < -0.39 is 71.6 Å². The van der Waals surface area contributed by atoms with Crippen molar-refractivity contribution in [2.75, 3.05) is 6.54 Å². The molecule has 4 amide bonds. The molecular formula is C55H51N11O11S6. The number of fused-ring (bicyclic) bond motifs is 16. The molecule has 7 aromatic heterocycles. The largest absolute Gasteiger partial charge is 0.508 e. The number of rotatable bonds is 9. The number of nitrogens with two attached hydrogens (primary N) is 1. The van der Waals surface area contributed by atoms with Gasteiger partial charge in [-0.25, -0.2) is 34.9 Å². The molecule has 10 bridgehead atoms. The van der Waals surface area contributed by atoms with Crippen LogP contribution in [0.5, 0.6) is 5.75 Å². The van der Waals surface area contributed by atoms with Gasteiger partial charge in [0.1, 0.15) is 77.1 Å². The Morgan fingerprint density at radius 2 is 1.39 bits per heavy atom. The molecule has 22 nitrogen and oxygen atoms in total. The van der Waals surface area contributed by atoms with Crippen LogP contribution in [0.4, 0.5) is 0 Å². The van der Waals surface area contributed by atoms with Crippen LogP contribution < -0.4 is 16.4 Å². The molecule has 28 heteroatoms. The van der Waals surface area contributed by atoms with Gasteiger partial charge in [-0.3, -0.25) is 33.6 Å². The second-order valence-electron chi connectivity index (χ2n) is 20.3. The molecule has 5 atom stereocenters. The lowest BCUT2D eigenvalue weighted by Crippen LogP contribution is -2.50. The van der Waals surface area contributed by atoms with Crippen molar-refractivity contribution in [3.05, 3.63) is 112 Å². The first kappa shape index (κ1) is 57.2. The van der Waals surface area contributed by atoms with Gasteiger partial charge in [-0.15, -0.1) is 68.0 Å². The molecule has 1 aliphatic carbocycles. The first-order valence-electron chi connectivity index (χ1n) is 26.3. The van der Waals surface area contributed by atoms with Crippen LogP contribution in [0.2, 0.25) is 0 Å². The number of carboxylic acids is 1. The summed E-state index contributed by atoms with van der Waals surface area (Å²) in [6.45, 7) is 3.50. The van der Waals surface area contributed by atoms with E-state index in [4.69, 9.17) is 35.4 Å². The smallest absolute Gasteiger partial charge is 0.312 e. The number of ether oxygens (including phenoxy) is 1. The highest BCUT2D eigenvalue weighted by molar-refractivity contribution is 7.15. The average molecular weight is 1230 g/mol. The Bertz CT molecular complexity index is 3800. The second-order valence-corrected chi connectivity index (χ2v) is 26.0. The monoisotopic (exact) mass is 1230 g/mol. The third-order valence-corrected chi connectivity index (χ3v) is 20.1. The Morgan fingerprint density at radius 1 is 0.711 bits per heavy atom. The molecule has 1 saturated carbocycles. The third kappa shape index (κ3) is 12.7. The van der Waals surface area contributed by atoms with Crippen molar-refractivity contribution in [3.8, 4) is 49.1 Å². The Balaban J connectivity index is 0.946. The Labute approximate surface area is 497 Å². The molecule has 11 rings (SSSR count). The van der Waals surface area contributed by atoms with Gasteiger partial charge in [0.05, 0.1) is 53.3 Å². The van der Waals surface area contributed by atoms with E-state index in [2.05, 4.69) is 20.6 Å². The van der Waals surface area contributed by atoms with Crippen LogP contribution >= 0.6 is 68.0 Å². The summed E-state index contributed by atoms with van der Waals surface area (Å²) in [4.78, 5) is 130. The van der Waals surface area contributed by atoms with E-state index in [0.717, 1.165) is 11.3 Å². The number of carbonyl (C=O) groups excluding carboxylic acids is 6. The van der Waals surface area contributed by atoms with Crippen molar-refractivity contribution in [3.63, 3.8) is 0 Å². The maximum atomic E-state index is 14.9. The summed E-state index contributed by atoms with van der Waals surface area (Å²) >= 11 is 7.34. The minimum Gasteiger partial charge on any atom is -0.508 e. The number of benzene rings is 1. The molecule has 7 N–H and O–H groups in total. The Hall–Kier alpha value is -7.60. The number of Topliss-reactive ketones (excluding diaryl/α,β-unsaturated/α-hetero) is 1. The molecule has 1 saturated heterocycles. The number of thiazole rings is 6. The second kappa shape index (κ2) is 24.3. The van der Waals surface area contributed by atoms with E-state index in [-0.39, 0.29) is 78.4 Å². The van der Waals surface area contributed by atoms with Crippen molar-refractivity contribution >= 4 is 109 Å². The summed E-state index contributed by atoms with van der Waals surface area (Å²) in [6.07, 6.45) is 0.217. The molecule has 1 aromatic carbocycles. The molecule has 3 aliphatic rings. The highest BCUT2D eigenvalue weighted by Gasteiger charge is 2.45. The number of carboxylic acid groups (broad SMARTS) is 1. The highest BCUT2D eigenvalue weighted by Crippen LogP contribution is 2.43. The maximum Gasteiger partial charge on any atom is 0.312 e. The van der Waals surface area contributed by atoms with Gasteiger partial charge in [0.2, 0.25) is 11.8 Å². The van der Waals surface area contributed by atoms with E-state index in [1.807, 2.05) is 12.3 Å². The van der Waals surface area contributed by atoms with Crippen LogP contribution in [0.3, 0.4) is 0 Å². The van der Waals surface area contributed by atoms with Crippen molar-refractivity contribution in [2.24, 2.45) is 17.6 Å². The zero-order chi connectivity index (χ0) is 58.2. The number of nitrogens with one attached hydrogen (secondary N) is 2. The molecule has 0 spiro atoms. The molecule has 83 heavy (non-hydrogen) atoms. The predicted molar refractivity (Wildman–Crippen MR) is 310 cm³/mol. The SMILES string of the molecule is Cc1sc2nc1C(=O)CCc1nc(cs1)C(=O)N[C@@H](Cc1ccc(O)cc1)C(=O)N1C[C@H](O)[C@H](C)[C@H]1c1nc(cs1)-c1nc(cs1)-c1nc(-c3nc(CC(=O)OC4CCC(C(=O)O)CC4)cs3)ccc1-c1nc(cs1)C(=O)N[C@H]2CC(N)=O. The van der Waals surface area contributed by atoms with E-state index in [1.54, 1.807) is 57.6 Å². The lowest BCUT2D eigenvalue weighted by molar-refractivity contribution is -0.152. The standard InChI is InChI=1S/C55H51N11O11S6/c1-24-40(69)18-66-46(24)53-64-38(23-82-53)51-62-35(20-81-51)45-31(11-12-32(59-45)50-57-28(19-79-50)16-43(71)77-30-9-5-27(6-10-30)55(75)76)49-63-37(22-80-49)48(73)60-33(17-41(56)70)52-65-44(25(2)83-52)39(68)13-14-42-58-36(21-78-42)47(72)61-34(54(66)74)15-26-3-7-29(67)8-4-26/h3-4,7-8,11-12,19-24,27,30,33-34,40,46,67,69H,5-6,9-10,13-18H2,1-2H3,(H2,56,70)(H,60,73)(H,61,72)(H,75,76)/t24-,27?,30?,33-,34-,40-,46-/m0/s1. The first-order chi connectivity index (χ1) is 39.9. The van der Waals surface area contributed by atoms with E-state index in [1.165, 1.54) is 68.8 Å². The number of aryl methyl sites for hydroxylation is 2. The summed E-state index contributed by atoms with van der Waals surface area (Å²) in [5.74, 6) is -5.01. The number of phenolic OH excluding ortho intramolecular Hbond substituents is 1. The molecule has 2 fully saturated rings. The maximum absolute atomic E-state index is 14.9. The van der Waals surface area contributed by atoms with Crippen LogP contribution in [0.1, 0.15) is 120 Å². The Kier molecular flexibility index (Phi) is 16.8. The van der Waals surface area contributed by atoms with Gasteiger partial charge in [-0.2, -0.15) is 0 Å². The topological polar surface area (TPSA) is 333 Å². The van der Waals surface area contributed by atoms with Gasteiger partial charge in [0.25, 0.3) is 11.8 Å². The summed E-state index contributed by atoms with van der Waals surface area (Å²) in [5.41, 5.74) is 9.24. The number of phenols is 1. The number of hydrogen-bond acceptors (Lipinski definition) is 23. The van der Waals surface area contributed by atoms with E-state index in [9.17, 15) is 48.9 Å². The van der Waals surface area contributed by atoms with E-state index in [0.29, 0.717) is 95.2 Å². The number of primary amides is 1. The zero-order valence-corrected chi connectivity index (χ0v) is 49.1. The first-order valence-corrected chi connectivity index (χ1v) is 31.5. The fourth-order valence-electron chi connectivity index (χ4n) is 10.2. The van der Waals surface area contributed by atoms with Crippen molar-refractivity contribution in [1.82, 2.24) is 50.4 Å². The van der Waals surface area contributed by atoms with Crippen LogP contribution in [0.15, 0.2) is 63.3 Å². The van der Waals surface area contributed by atoms with Gasteiger partial charge < -0.3 is 41.3 Å². The molecule has 8 aromatic rings. The number of aliphatic hydroxyl groups excluding tert-OH is 1. The van der Waals surface area contributed by atoms with Gasteiger partial charge in [0.15, 0.2) is 5.78 Å². The minimum atomic E-state index is -1.15.